The zero-order valence-electron chi connectivity index (χ0n) is 24.7. The first kappa shape index (κ1) is 18.4. The van der Waals surface area contributed by atoms with Crippen molar-refractivity contribution in [3.05, 3.63) is 89.1 Å². The first-order chi connectivity index (χ1) is 19.2. The van der Waals surface area contributed by atoms with Gasteiger partial charge in [-0.1, -0.05) is 55.7 Å². The number of fused-ring (bicyclic) bond motifs is 3. The van der Waals surface area contributed by atoms with E-state index >= 15 is 0 Å². The molecule has 0 saturated heterocycles. The summed E-state index contributed by atoms with van der Waals surface area (Å²) in [6.07, 6.45) is 6.28. The van der Waals surface area contributed by atoms with Gasteiger partial charge in [0.25, 0.3) is 0 Å². The van der Waals surface area contributed by atoms with Crippen molar-refractivity contribution < 1.29 is 14.5 Å². The standard InChI is InChI=1S/C33H31N2O/c1-21-9-18-29(35(3)20-21)30-22(2)10-16-27-28-17-15-26(19-34)31(33(28)36-32(27)30)25-13-11-24(12-14-25)23-7-5-4-6-8-23/h9-18,20,23H,4-8H2,1-3H3/q+1/i1D3,20D. The summed E-state index contributed by atoms with van der Waals surface area (Å²) in [7, 11) is 1.71. The number of benzene rings is 3. The first-order valence-corrected chi connectivity index (χ1v) is 12.7. The van der Waals surface area contributed by atoms with Gasteiger partial charge in [0.05, 0.1) is 17.2 Å². The highest BCUT2D eigenvalue weighted by Gasteiger charge is 2.23. The van der Waals surface area contributed by atoms with Crippen molar-refractivity contribution in [1.82, 2.24) is 0 Å². The molecule has 5 aromatic rings. The minimum Gasteiger partial charge on any atom is -0.454 e. The normalized spacial score (nSPS) is 16.4. The molecule has 0 N–H and O–H groups in total. The molecule has 36 heavy (non-hydrogen) atoms. The van der Waals surface area contributed by atoms with Crippen LogP contribution in [-0.2, 0) is 7.05 Å². The molecule has 0 amide bonds. The highest BCUT2D eigenvalue weighted by Crippen LogP contribution is 2.42. The summed E-state index contributed by atoms with van der Waals surface area (Å²) in [5.41, 5.74) is 7.39. The van der Waals surface area contributed by atoms with Gasteiger partial charge in [-0.15, -0.1) is 0 Å². The summed E-state index contributed by atoms with van der Waals surface area (Å²) in [4.78, 5) is 0. The molecule has 3 heteroatoms. The smallest absolute Gasteiger partial charge is 0.216 e. The summed E-state index contributed by atoms with van der Waals surface area (Å²) >= 11 is 0. The number of aryl methyl sites for hydroxylation is 2. The van der Waals surface area contributed by atoms with E-state index in [4.69, 9.17) is 9.90 Å². The molecule has 0 atom stereocenters. The Morgan fingerprint density at radius 3 is 2.36 bits per heavy atom. The second-order valence-electron chi connectivity index (χ2n) is 9.97. The van der Waals surface area contributed by atoms with E-state index in [-0.39, 0.29) is 11.7 Å². The third kappa shape index (κ3) is 3.69. The van der Waals surface area contributed by atoms with E-state index < -0.39 is 6.85 Å². The van der Waals surface area contributed by atoms with Crippen molar-refractivity contribution in [3.8, 4) is 28.5 Å². The fourth-order valence-electron chi connectivity index (χ4n) is 5.86. The minimum absolute atomic E-state index is 0.00538. The lowest BCUT2D eigenvalue weighted by Gasteiger charge is -2.22. The van der Waals surface area contributed by atoms with Crippen LogP contribution in [0, 0.1) is 25.1 Å². The van der Waals surface area contributed by atoms with Crippen LogP contribution in [0.3, 0.4) is 0 Å². The van der Waals surface area contributed by atoms with Gasteiger partial charge in [-0.05, 0) is 67.4 Å². The Labute approximate surface area is 218 Å². The number of hydrogen-bond donors (Lipinski definition) is 0. The van der Waals surface area contributed by atoms with Crippen molar-refractivity contribution in [2.24, 2.45) is 7.05 Å². The fraction of sp³-hybridized carbons (Fsp3) is 0.273. The van der Waals surface area contributed by atoms with Crippen LogP contribution in [0.1, 0.15) is 65.8 Å². The summed E-state index contributed by atoms with van der Waals surface area (Å²) < 4.78 is 40.2. The van der Waals surface area contributed by atoms with Crippen molar-refractivity contribution in [2.75, 3.05) is 0 Å². The molecule has 0 spiro atoms. The molecule has 6 rings (SSSR count). The number of pyridine rings is 1. The fourth-order valence-corrected chi connectivity index (χ4v) is 5.86. The van der Waals surface area contributed by atoms with Crippen LogP contribution >= 0.6 is 0 Å². The average molecular weight is 476 g/mol. The highest BCUT2D eigenvalue weighted by atomic mass is 16.3. The van der Waals surface area contributed by atoms with Gasteiger partial charge in [-0.2, -0.15) is 5.26 Å². The number of aromatic nitrogens is 1. The van der Waals surface area contributed by atoms with Gasteiger partial charge < -0.3 is 4.42 Å². The lowest BCUT2D eigenvalue weighted by molar-refractivity contribution is -0.660. The Hall–Kier alpha value is -3.90. The lowest BCUT2D eigenvalue weighted by Crippen LogP contribution is -2.31. The van der Waals surface area contributed by atoms with E-state index in [9.17, 15) is 5.26 Å². The maximum Gasteiger partial charge on any atom is 0.216 e. The monoisotopic (exact) mass is 475 g/mol. The second-order valence-corrected chi connectivity index (χ2v) is 9.97. The molecule has 0 unspecified atom stereocenters. The molecular formula is C33H31N2O+. The van der Waals surface area contributed by atoms with Crippen molar-refractivity contribution in [3.63, 3.8) is 0 Å². The van der Waals surface area contributed by atoms with E-state index in [2.05, 4.69) is 30.3 Å². The Kier molecular flexibility index (Phi) is 4.57. The Morgan fingerprint density at radius 1 is 0.917 bits per heavy atom. The number of nitriles is 1. The SMILES string of the molecule is [2H]c1c(C([2H])([2H])[2H])ccc(-c2c(C)ccc3c2oc2c(-c4ccc(C5CCCCC5)cc4)c(C#N)ccc23)[n+]1C. The Morgan fingerprint density at radius 2 is 1.64 bits per heavy atom. The summed E-state index contributed by atoms with van der Waals surface area (Å²) in [5, 5.41) is 11.9. The topological polar surface area (TPSA) is 40.8 Å². The molecule has 3 nitrogen and oxygen atoms in total. The number of rotatable bonds is 3. The van der Waals surface area contributed by atoms with Crippen molar-refractivity contribution >= 4 is 21.9 Å². The third-order valence-electron chi connectivity index (χ3n) is 7.73. The third-order valence-corrected chi connectivity index (χ3v) is 7.73. The van der Waals surface area contributed by atoms with E-state index in [0.717, 1.165) is 33.0 Å². The molecule has 3 aromatic carbocycles. The predicted octanol–water partition coefficient (Wildman–Crippen LogP) is 8.28. The molecule has 178 valence electrons. The van der Waals surface area contributed by atoms with E-state index in [0.29, 0.717) is 28.3 Å². The predicted molar refractivity (Wildman–Crippen MR) is 146 cm³/mol. The van der Waals surface area contributed by atoms with Crippen LogP contribution in [0.2, 0.25) is 0 Å². The average Bonchev–Trinajstić information content (AvgIpc) is 3.32. The molecule has 2 heterocycles. The van der Waals surface area contributed by atoms with Crippen molar-refractivity contribution in [1.29, 1.82) is 5.26 Å². The van der Waals surface area contributed by atoms with E-state index in [1.54, 1.807) is 17.7 Å². The molecule has 1 aliphatic carbocycles. The van der Waals surface area contributed by atoms with Crippen LogP contribution in [0.5, 0.6) is 0 Å². The van der Waals surface area contributed by atoms with Crippen LogP contribution in [0.15, 0.2) is 71.3 Å². The summed E-state index contributed by atoms with van der Waals surface area (Å²) in [6, 6.07) is 22.1. The minimum atomic E-state index is -2.37. The maximum absolute atomic E-state index is 10.0. The largest absolute Gasteiger partial charge is 0.454 e. The van der Waals surface area contributed by atoms with Crippen LogP contribution < -0.4 is 4.57 Å². The van der Waals surface area contributed by atoms with E-state index in [1.165, 1.54) is 43.7 Å². The van der Waals surface area contributed by atoms with Crippen molar-refractivity contribution in [2.45, 2.75) is 51.8 Å². The first-order valence-electron chi connectivity index (χ1n) is 14.7. The highest BCUT2D eigenvalue weighted by molar-refractivity contribution is 6.14. The van der Waals surface area contributed by atoms with Gasteiger partial charge in [0, 0.05) is 32.1 Å². The molecule has 0 aliphatic heterocycles. The maximum atomic E-state index is 10.0. The second kappa shape index (κ2) is 8.95. The van der Waals surface area contributed by atoms with Gasteiger partial charge in [-0.3, -0.25) is 0 Å². The van der Waals surface area contributed by atoms with Gasteiger partial charge in [-0.25, -0.2) is 4.57 Å². The molecule has 1 aliphatic rings. The van der Waals surface area contributed by atoms with Gasteiger partial charge in [0.1, 0.15) is 19.6 Å². The number of nitrogens with zero attached hydrogens (tertiary/aromatic N) is 2. The van der Waals surface area contributed by atoms with Gasteiger partial charge in [0.2, 0.25) is 5.69 Å². The summed E-state index contributed by atoms with van der Waals surface area (Å²) in [6.45, 7) is -0.391. The Balaban J connectivity index is 1.56. The molecule has 1 fully saturated rings. The Bertz CT molecular complexity index is 1800. The van der Waals surface area contributed by atoms with Crippen LogP contribution in [0.25, 0.3) is 44.3 Å². The van der Waals surface area contributed by atoms with Gasteiger partial charge in [0.15, 0.2) is 6.17 Å². The number of hydrogen-bond acceptors (Lipinski definition) is 2. The molecule has 0 radical (unpaired) electrons. The quantitative estimate of drug-likeness (QED) is 0.246. The molecule has 1 saturated carbocycles. The van der Waals surface area contributed by atoms with E-state index in [1.807, 2.05) is 31.2 Å². The zero-order valence-corrected chi connectivity index (χ0v) is 20.7. The van der Waals surface area contributed by atoms with Gasteiger partial charge >= 0.3 is 0 Å². The van der Waals surface area contributed by atoms with Crippen LogP contribution in [-0.4, -0.2) is 0 Å². The number of furan rings is 1. The summed E-state index contributed by atoms with van der Waals surface area (Å²) in [5.74, 6) is 0.602. The molecule has 0 bridgehead atoms. The molecular weight excluding hydrogens is 440 g/mol. The lowest BCUT2D eigenvalue weighted by atomic mass is 9.83. The van der Waals surface area contributed by atoms with Crippen LogP contribution in [0.4, 0.5) is 0 Å². The zero-order chi connectivity index (χ0) is 28.2. The molecule has 2 aromatic heterocycles.